The number of furan rings is 1. The number of carbonyl (C=O) groups is 2. The first kappa shape index (κ1) is 19.6. The van der Waals surface area contributed by atoms with Gasteiger partial charge in [0, 0.05) is 17.3 Å². The van der Waals surface area contributed by atoms with Gasteiger partial charge in [-0.25, -0.2) is 4.79 Å². The Morgan fingerprint density at radius 1 is 1.07 bits per heavy atom. The number of benzene rings is 2. The lowest BCUT2D eigenvalue weighted by Crippen LogP contribution is -2.14. The third-order valence-electron chi connectivity index (χ3n) is 4.42. The third kappa shape index (κ3) is 4.42. The number of nitrogens with one attached hydrogen (secondary N) is 1. The molecule has 0 aliphatic heterocycles. The van der Waals surface area contributed by atoms with E-state index in [0.29, 0.717) is 22.8 Å². The van der Waals surface area contributed by atoms with Crippen LogP contribution in [0.4, 0.5) is 5.69 Å². The van der Waals surface area contributed by atoms with Crippen LogP contribution in [0.3, 0.4) is 0 Å². The monoisotopic (exact) mass is 386 g/mol. The van der Waals surface area contributed by atoms with Crippen LogP contribution in [0.5, 0.6) is 0 Å². The number of hydrogen-bond acceptors (Lipinski definition) is 4. The van der Waals surface area contributed by atoms with E-state index in [9.17, 15) is 20.0 Å². The van der Waals surface area contributed by atoms with Crippen molar-refractivity contribution in [2.45, 2.75) is 13.8 Å². The van der Waals surface area contributed by atoms with E-state index in [1.54, 1.807) is 30.3 Å². The molecule has 0 saturated carbocycles. The van der Waals surface area contributed by atoms with Gasteiger partial charge in [0.15, 0.2) is 0 Å². The molecule has 1 aromatic heterocycles. The second-order valence-electron chi connectivity index (χ2n) is 6.48. The highest BCUT2D eigenvalue weighted by Gasteiger charge is 2.14. The number of nitriles is 1. The van der Waals surface area contributed by atoms with Gasteiger partial charge in [0.1, 0.15) is 23.2 Å². The summed E-state index contributed by atoms with van der Waals surface area (Å²) in [5, 5.41) is 21.3. The van der Waals surface area contributed by atoms with E-state index < -0.39 is 11.9 Å². The molecule has 0 atom stereocenters. The third-order valence-corrected chi connectivity index (χ3v) is 4.42. The first-order valence-corrected chi connectivity index (χ1v) is 8.82. The zero-order chi connectivity index (χ0) is 21.0. The summed E-state index contributed by atoms with van der Waals surface area (Å²) in [5.74, 6) is -0.800. The number of aryl methyl sites for hydroxylation is 2. The summed E-state index contributed by atoms with van der Waals surface area (Å²) in [4.78, 5) is 23.7. The van der Waals surface area contributed by atoms with E-state index in [-0.39, 0.29) is 11.1 Å². The van der Waals surface area contributed by atoms with E-state index in [2.05, 4.69) is 5.32 Å². The predicted molar refractivity (Wildman–Crippen MR) is 109 cm³/mol. The Morgan fingerprint density at radius 3 is 2.52 bits per heavy atom. The maximum Gasteiger partial charge on any atom is 0.335 e. The molecule has 0 fully saturated rings. The van der Waals surface area contributed by atoms with Gasteiger partial charge < -0.3 is 14.8 Å². The fraction of sp³-hybridized carbons (Fsp3) is 0.0870. The van der Waals surface area contributed by atoms with Crippen molar-refractivity contribution in [3.05, 3.63) is 82.6 Å². The van der Waals surface area contributed by atoms with Crippen LogP contribution < -0.4 is 5.32 Å². The molecule has 0 spiro atoms. The molecule has 6 heteroatoms. The summed E-state index contributed by atoms with van der Waals surface area (Å²) in [6, 6.07) is 17.2. The fourth-order valence-electron chi connectivity index (χ4n) is 2.79. The number of amides is 1. The maximum atomic E-state index is 12.4. The van der Waals surface area contributed by atoms with Crippen LogP contribution in [-0.2, 0) is 4.79 Å². The van der Waals surface area contributed by atoms with Crippen molar-refractivity contribution < 1.29 is 19.1 Å². The van der Waals surface area contributed by atoms with Crippen molar-refractivity contribution in [2.24, 2.45) is 0 Å². The molecule has 0 unspecified atom stereocenters. The van der Waals surface area contributed by atoms with Gasteiger partial charge >= 0.3 is 5.97 Å². The van der Waals surface area contributed by atoms with Crippen molar-refractivity contribution in [2.75, 3.05) is 5.32 Å². The fourth-order valence-corrected chi connectivity index (χ4v) is 2.79. The summed E-state index contributed by atoms with van der Waals surface area (Å²) < 4.78 is 5.74. The summed E-state index contributed by atoms with van der Waals surface area (Å²) in [7, 11) is 0. The van der Waals surface area contributed by atoms with E-state index in [4.69, 9.17) is 4.42 Å². The number of aromatic carboxylic acids is 1. The van der Waals surface area contributed by atoms with Crippen LogP contribution in [0.15, 0.2) is 64.6 Å². The number of carboxylic acids is 1. The van der Waals surface area contributed by atoms with Gasteiger partial charge in [-0.05, 0) is 55.3 Å². The standard InChI is InChI=1S/C23H18N2O4/c1-14-7-8-16(23(27)28)12-19(14)21-10-9-18(29-21)11-17(13-24)22(26)25-20-6-4-3-5-15(20)2/h3-12H,1-2H3,(H,25,26)(H,27,28). The van der Waals surface area contributed by atoms with Gasteiger partial charge in [0.25, 0.3) is 5.91 Å². The van der Waals surface area contributed by atoms with Crippen LogP contribution in [0.1, 0.15) is 27.2 Å². The molecule has 0 aliphatic rings. The summed E-state index contributed by atoms with van der Waals surface area (Å²) in [6.07, 6.45) is 1.35. The van der Waals surface area contributed by atoms with Gasteiger partial charge in [0.2, 0.25) is 0 Å². The minimum Gasteiger partial charge on any atom is -0.478 e. The lowest BCUT2D eigenvalue weighted by atomic mass is 10.0. The van der Waals surface area contributed by atoms with Crippen LogP contribution in [0.25, 0.3) is 17.4 Å². The predicted octanol–water partition coefficient (Wildman–Crippen LogP) is 4.81. The Labute approximate surface area is 167 Å². The van der Waals surface area contributed by atoms with Crippen LogP contribution in [0, 0.1) is 25.2 Å². The minimum atomic E-state index is -1.03. The van der Waals surface area contributed by atoms with E-state index in [0.717, 1.165) is 11.1 Å². The molecule has 29 heavy (non-hydrogen) atoms. The first-order chi connectivity index (χ1) is 13.9. The highest BCUT2D eigenvalue weighted by atomic mass is 16.4. The molecular formula is C23H18N2O4. The average molecular weight is 386 g/mol. The Bertz CT molecular complexity index is 1170. The molecule has 3 rings (SSSR count). The van der Waals surface area contributed by atoms with Gasteiger partial charge in [0.05, 0.1) is 5.56 Å². The summed E-state index contributed by atoms with van der Waals surface area (Å²) >= 11 is 0. The first-order valence-electron chi connectivity index (χ1n) is 8.82. The quantitative estimate of drug-likeness (QED) is 0.484. The molecule has 1 amide bonds. The molecule has 3 aromatic rings. The van der Waals surface area contributed by atoms with Gasteiger partial charge in [-0.2, -0.15) is 5.26 Å². The normalized spacial score (nSPS) is 11.0. The zero-order valence-corrected chi connectivity index (χ0v) is 15.9. The summed E-state index contributed by atoms with van der Waals surface area (Å²) in [5.41, 5.74) is 3.02. The topological polar surface area (TPSA) is 103 Å². The zero-order valence-electron chi connectivity index (χ0n) is 15.9. The largest absolute Gasteiger partial charge is 0.478 e. The van der Waals surface area contributed by atoms with Gasteiger partial charge in [-0.3, -0.25) is 4.79 Å². The molecule has 0 radical (unpaired) electrons. The number of nitrogens with zero attached hydrogens (tertiary/aromatic N) is 1. The van der Waals surface area contributed by atoms with E-state index in [1.165, 1.54) is 18.2 Å². The lowest BCUT2D eigenvalue weighted by molar-refractivity contribution is -0.112. The Morgan fingerprint density at radius 2 is 1.83 bits per heavy atom. The number of anilines is 1. The van der Waals surface area contributed by atoms with Crippen LogP contribution >= 0.6 is 0 Å². The van der Waals surface area contributed by atoms with Crippen LogP contribution in [-0.4, -0.2) is 17.0 Å². The molecule has 2 aromatic carbocycles. The van der Waals surface area contributed by atoms with Crippen molar-refractivity contribution >= 4 is 23.6 Å². The Kier molecular flexibility index (Phi) is 5.61. The number of carbonyl (C=O) groups excluding carboxylic acids is 1. The summed E-state index contributed by atoms with van der Waals surface area (Å²) in [6.45, 7) is 3.70. The average Bonchev–Trinajstić information content (AvgIpc) is 3.16. The van der Waals surface area contributed by atoms with E-state index in [1.807, 2.05) is 32.0 Å². The number of carboxylic acid groups (broad SMARTS) is 1. The Balaban J connectivity index is 1.87. The highest BCUT2D eigenvalue weighted by Crippen LogP contribution is 2.28. The SMILES string of the molecule is Cc1ccccc1NC(=O)C(C#N)=Cc1ccc(-c2cc(C(=O)O)ccc2C)o1. The number of rotatable bonds is 5. The molecule has 0 bridgehead atoms. The van der Waals surface area contributed by atoms with Crippen molar-refractivity contribution in [3.8, 4) is 17.4 Å². The van der Waals surface area contributed by atoms with Gasteiger partial charge in [-0.15, -0.1) is 0 Å². The van der Waals surface area contributed by atoms with E-state index >= 15 is 0 Å². The van der Waals surface area contributed by atoms with Gasteiger partial charge in [-0.1, -0.05) is 24.3 Å². The molecule has 144 valence electrons. The van der Waals surface area contributed by atoms with Crippen LogP contribution in [0.2, 0.25) is 0 Å². The second kappa shape index (κ2) is 8.28. The second-order valence-corrected chi connectivity index (χ2v) is 6.48. The Hall–Kier alpha value is -4.11. The molecule has 2 N–H and O–H groups in total. The number of para-hydroxylation sites is 1. The molecular weight excluding hydrogens is 368 g/mol. The van der Waals surface area contributed by atoms with Crippen molar-refractivity contribution in [3.63, 3.8) is 0 Å². The van der Waals surface area contributed by atoms with Crippen molar-refractivity contribution in [1.82, 2.24) is 0 Å². The number of hydrogen-bond donors (Lipinski definition) is 2. The maximum absolute atomic E-state index is 12.4. The minimum absolute atomic E-state index is 0.106. The smallest absolute Gasteiger partial charge is 0.335 e. The molecule has 6 nitrogen and oxygen atoms in total. The van der Waals surface area contributed by atoms with Crippen molar-refractivity contribution in [1.29, 1.82) is 5.26 Å². The highest BCUT2D eigenvalue weighted by molar-refractivity contribution is 6.09. The lowest BCUT2D eigenvalue weighted by Gasteiger charge is -2.07. The molecule has 1 heterocycles. The molecule has 0 aliphatic carbocycles. The molecule has 0 saturated heterocycles.